The number of benzene rings is 1. The summed E-state index contributed by atoms with van der Waals surface area (Å²) in [7, 11) is 3.66. The summed E-state index contributed by atoms with van der Waals surface area (Å²) in [4.78, 5) is 53.1. The van der Waals surface area contributed by atoms with Gasteiger partial charge in [-0.2, -0.15) is 0 Å². The standard InChI is InChI=1S/C39H46N8O5/c1-8-33(49)42-29-16-24(9-10-28(29)39(4,5)45(7)25-21-52-22-25)41-34-37(51)44(6)19-30(43-34)26-11-12-40-35(27(26)20-48)47-14-13-46-31(36(47)50)15-23-17-38(2,3)18-32(23)46/h8-12,15-16,19,25,48H,1,13-14,17-18,20-22H2,2-7H3,(H,41,43)(H,42,49). The van der Waals surface area contributed by atoms with Gasteiger partial charge in [0, 0.05) is 66.3 Å². The van der Waals surface area contributed by atoms with E-state index >= 15 is 0 Å². The first-order valence-corrected chi connectivity index (χ1v) is 17.6. The predicted molar refractivity (Wildman–Crippen MR) is 200 cm³/mol. The van der Waals surface area contributed by atoms with Crippen molar-refractivity contribution in [3.63, 3.8) is 0 Å². The largest absolute Gasteiger partial charge is 0.392 e. The number of likely N-dealkylation sites (N-methyl/N-ethyl adjacent to an activating group) is 1. The fraction of sp³-hybridized carbons (Fsp3) is 0.410. The Bertz CT molecular complexity index is 2160. The predicted octanol–water partition coefficient (Wildman–Crippen LogP) is 4.36. The summed E-state index contributed by atoms with van der Waals surface area (Å²) in [5, 5.41) is 16.8. The lowest BCUT2D eigenvalue weighted by Crippen LogP contribution is -2.54. The molecule has 5 heterocycles. The molecule has 13 heteroatoms. The Morgan fingerprint density at radius 3 is 2.63 bits per heavy atom. The minimum Gasteiger partial charge on any atom is -0.392 e. The second kappa shape index (κ2) is 13.1. The molecule has 52 heavy (non-hydrogen) atoms. The molecule has 0 unspecified atom stereocenters. The van der Waals surface area contributed by atoms with Crippen LogP contribution in [0, 0.1) is 5.41 Å². The zero-order chi connectivity index (χ0) is 37.1. The van der Waals surface area contributed by atoms with Crippen molar-refractivity contribution < 1.29 is 19.4 Å². The highest BCUT2D eigenvalue weighted by Crippen LogP contribution is 2.41. The molecule has 1 aliphatic carbocycles. The summed E-state index contributed by atoms with van der Waals surface area (Å²) >= 11 is 0. The van der Waals surface area contributed by atoms with E-state index in [1.54, 1.807) is 36.5 Å². The Kier molecular flexibility index (Phi) is 8.92. The number of hydrogen-bond donors (Lipinski definition) is 3. The van der Waals surface area contributed by atoms with E-state index in [1.165, 1.54) is 21.9 Å². The minimum absolute atomic E-state index is 0.0447. The molecule has 0 spiro atoms. The maximum atomic E-state index is 13.9. The second-order valence-electron chi connectivity index (χ2n) is 15.3. The number of nitrogens with zero attached hydrogens (tertiary/aromatic N) is 6. The maximum Gasteiger partial charge on any atom is 0.293 e. The molecular weight excluding hydrogens is 660 g/mol. The third-order valence-corrected chi connectivity index (χ3v) is 10.9. The third kappa shape index (κ3) is 6.12. The van der Waals surface area contributed by atoms with Crippen LogP contribution in [0.2, 0.25) is 0 Å². The number of ether oxygens (including phenoxy) is 1. The number of nitrogens with one attached hydrogen (secondary N) is 2. The zero-order valence-electron chi connectivity index (χ0n) is 30.6. The summed E-state index contributed by atoms with van der Waals surface area (Å²) in [6.45, 7) is 14.2. The van der Waals surface area contributed by atoms with Crippen LogP contribution in [0.5, 0.6) is 0 Å². The van der Waals surface area contributed by atoms with Crippen LogP contribution in [0.4, 0.5) is 23.0 Å². The normalized spacial score (nSPS) is 16.8. The van der Waals surface area contributed by atoms with Gasteiger partial charge in [-0.1, -0.05) is 26.5 Å². The van der Waals surface area contributed by atoms with E-state index < -0.39 is 12.1 Å². The van der Waals surface area contributed by atoms with Gasteiger partial charge in [0.15, 0.2) is 5.82 Å². The van der Waals surface area contributed by atoms with Crippen molar-refractivity contribution in [2.24, 2.45) is 12.5 Å². The molecule has 0 bridgehead atoms. The first-order chi connectivity index (χ1) is 24.7. The van der Waals surface area contributed by atoms with E-state index in [9.17, 15) is 19.5 Å². The molecule has 0 atom stereocenters. The average molecular weight is 707 g/mol. The highest BCUT2D eigenvalue weighted by Gasteiger charge is 2.38. The molecule has 0 saturated carbocycles. The van der Waals surface area contributed by atoms with Gasteiger partial charge in [-0.05, 0) is 80.6 Å². The first kappa shape index (κ1) is 35.3. The molecule has 2 amide bonds. The smallest absolute Gasteiger partial charge is 0.293 e. The molecule has 4 aromatic rings. The number of rotatable bonds is 10. The second-order valence-corrected chi connectivity index (χ2v) is 15.3. The average Bonchev–Trinajstić information content (AvgIpc) is 3.57. The number of aliphatic hydroxyl groups is 1. The molecule has 3 aliphatic rings. The Hall–Kier alpha value is -5.11. The van der Waals surface area contributed by atoms with Gasteiger partial charge >= 0.3 is 0 Å². The molecule has 3 aromatic heterocycles. The van der Waals surface area contributed by atoms with E-state index in [4.69, 9.17) is 9.72 Å². The number of aromatic nitrogens is 4. The van der Waals surface area contributed by atoms with Gasteiger partial charge in [0.1, 0.15) is 11.5 Å². The van der Waals surface area contributed by atoms with Gasteiger partial charge in [0.2, 0.25) is 5.91 Å². The van der Waals surface area contributed by atoms with Gasteiger partial charge in [-0.15, -0.1) is 0 Å². The topological polar surface area (TPSA) is 147 Å². The van der Waals surface area contributed by atoms with Crippen LogP contribution in [0.25, 0.3) is 11.3 Å². The number of anilines is 4. The molecular formula is C39H46N8O5. The molecule has 0 radical (unpaired) electrons. The van der Waals surface area contributed by atoms with E-state index in [0.29, 0.717) is 66.0 Å². The van der Waals surface area contributed by atoms with Crippen LogP contribution in [-0.4, -0.2) is 73.8 Å². The number of carbonyl (C=O) groups excluding carboxylic acids is 2. The van der Waals surface area contributed by atoms with Gasteiger partial charge in [0.25, 0.3) is 11.5 Å². The van der Waals surface area contributed by atoms with Crippen LogP contribution in [0.3, 0.4) is 0 Å². The van der Waals surface area contributed by atoms with Gasteiger partial charge < -0.3 is 29.6 Å². The molecule has 2 aliphatic heterocycles. The van der Waals surface area contributed by atoms with E-state index in [0.717, 1.165) is 18.4 Å². The van der Waals surface area contributed by atoms with Crippen LogP contribution < -0.4 is 21.1 Å². The molecule has 3 N–H and O–H groups in total. The number of carbonyl (C=O) groups is 2. The SMILES string of the molecule is C=CC(=O)Nc1cc(Nc2nc(-c3ccnc(N4CCn5c(cc6c5CC(C)(C)C6)C4=O)c3CO)cn(C)c2=O)ccc1C(C)(C)N(C)C1COC1. The van der Waals surface area contributed by atoms with Crippen molar-refractivity contribution in [3.8, 4) is 11.3 Å². The fourth-order valence-electron chi connectivity index (χ4n) is 7.71. The lowest BCUT2D eigenvalue weighted by atomic mass is 9.89. The molecule has 1 saturated heterocycles. The number of amides is 2. The minimum atomic E-state index is -0.472. The summed E-state index contributed by atoms with van der Waals surface area (Å²) in [5.74, 6) is -0.115. The maximum absolute atomic E-state index is 13.9. The van der Waals surface area contributed by atoms with Crippen molar-refractivity contribution in [2.45, 2.75) is 65.3 Å². The van der Waals surface area contributed by atoms with Gasteiger partial charge in [-0.3, -0.25) is 24.2 Å². The van der Waals surface area contributed by atoms with Crippen LogP contribution in [-0.2, 0) is 48.1 Å². The van der Waals surface area contributed by atoms with Crippen molar-refractivity contribution in [1.82, 2.24) is 24.0 Å². The first-order valence-electron chi connectivity index (χ1n) is 17.6. The number of aliphatic hydroxyl groups excluding tert-OH is 1. The molecule has 1 fully saturated rings. The number of fused-ring (bicyclic) bond motifs is 3. The van der Waals surface area contributed by atoms with Gasteiger partial charge in [-0.25, -0.2) is 9.97 Å². The summed E-state index contributed by atoms with van der Waals surface area (Å²) < 4.78 is 8.98. The fourth-order valence-corrected chi connectivity index (χ4v) is 7.71. The Balaban J connectivity index is 1.21. The van der Waals surface area contributed by atoms with Crippen LogP contribution >= 0.6 is 0 Å². The molecule has 272 valence electrons. The lowest BCUT2D eigenvalue weighted by molar-refractivity contribution is -0.111. The Labute approximate surface area is 302 Å². The monoisotopic (exact) mass is 706 g/mol. The molecule has 7 rings (SSSR count). The van der Waals surface area contributed by atoms with Crippen LogP contribution in [0.1, 0.15) is 60.6 Å². The van der Waals surface area contributed by atoms with Crippen molar-refractivity contribution in [1.29, 1.82) is 0 Å². The quantitative estimate of drug-likeness (QED) is 0.205. The molecule has 1 aromatic carbocycles. The van der Waals surface area contributed by atoms with Crippen molar-refractivity contribution in [3.05, 3.63) is 93.8 Å². The van der Waals surface area contributed by atoms with Gasteiger partial charge in [0.05, 0.1) is 31.6 Å². The van der Waals surface area contributed by atoms with Crippen LogP contribution in [0.15, 0.2) is 60.2 Å². The Morgan fingerprint density at radius 1 is 1.17 bits per heavy atom. The van der Waals surface area contributed by atoms with Crippen molar-refractivity contribution >= 4 is 34.8 Å². The summed E-state index contributed by atoms with van der Waals surface area (Å²) in [6, 6.07) is 9.52. The highest BCUT2D eigenvalue weighted by atomic mass is 16.5. The van der Waals surface area contributed by atoms with E-state index in [-0.39, 0.29) is 34.6 Å². The Morgan fingerprint density at radius 2 is 1.94 bits per heavy atom. The number of pyridine rings is 1. The zero-order valence-corrected chi connectivity index (χ0v) is 30.6. The van der Waals surface area contributed by atoms with Crippen molar-refractivity contribution in [2.75, 3.05) is 42.3 Å². The molecule has 13 nitrogen and oxygen atoms in total. The summed E-state index contributed by atoms with van der Waals surface area (Å²) in [6.07, 6.45) is 6.27. The lowest BCUT2D eigenvalue weighted by Gasteiger charge is -2.45. The number of hydrogen-bond acceptors (Lipinski definition) is 9. The summed E-state index contributed by atoms with van der Waals surface area (Å²) in [5.41, 5.74) is 5.78. The number of aryl methyl sites for hydroxylation is 1. The highest BCUT2D eigenvalue weighted by molar-refractivity contribution is 6.06. The third-order valence-electron chi connectivity index (χ3n) is 10.9. The van der Waals surface area contributed by atoms with E-state index in [1.807, 2.05) is 25.2 Å². The van der Waals surface area contributed by atoms with E-state index in [2.05, 4.69) is 59.4 Å².